The second-order valence-corrected chi connectivity index (χ2v) is 5.60. The van der Waals surface area contributed by atoms with Crippen molar-refractivity contribution in [1.82, 2.24) is 0 Å². The number of aryl methyl sites for hydroxylation is 1. The number of benzene rings is 2. The Morgan fingerprint density at radius 3 is 2.68 bits per heavy atom. The van der Waals surface area contributed by atoms with E-state index in [1.165, 1.54) is 11.1 Å². The van der Waals surface area contributed by atoms with Gasteiger partial charge in [-0.25, -0.2) is 4.85 Å². The third-order valence-corrected chi connectivity index (χ3v) is 4.17. The van der Waals surface area contributed by atoms with E-state index in [0.29, 0.717) is 18.4 Å². The van der Waals surface area contributed by atoms with Crippen LogP contribution in [0.1, 0.15) is 23.1 Å². The molecule has 0 aromatic heterocycles. The molecule has 3 rings (SSSR count). The Morgan fingerprint density at radius 2 is 1.95 bits per heavy atom. The summed E-state index contributed by atoms with van der Waals surface area (Å²) in [6.07, 6.45) is 3.46. The van der Waals surface area contributed by atoms with E-state index in [1.54, 1.807) is 7.11 Å². The lowest BCUT2D eigenvalue weighted by Crippen LogP contribution is -2.21. The van der Waals surface area contributed by atoms with E-state index < -0.39 is 0 Å². The lowest BCUT2D eigenvalue weighted by atomic mass is 9.89. The van der Waals surface area contributed by atoms with E-state index >= 15 is 0 Å². The van der Waals surface area contributed by atoms with Gasteiger partial charge in [-0.3, -0.25) is 0 Å². The van der Waals surface area contributed by atoms with Crippen molar-refractivity contribution in [3.8, 4) is 5.75 Å². The maximum atomic E-state index is 6.95. The molecule has 1 unspecified atom stereocenters. The lowest BCUT2D eigenvalue weighted by molar-refractivity contribution is 0.0910. The Kier molecular flexibility index (Phi) is 4.41. The molecule has 1 aliphatic rings. The molecule has 0 saturated heterocycles. The van der Waals surface area contributed by atoms with Crippen LogP contribution in [0.2, 0.25) is 0 Å². The topological polar surface area (TPSA) is 22.8 Å². The number of hydrogen-bond donors (Lipinski definition) is 0. The van der Waals surface area contributed by atoms with Gasteiger partial charge in [0, 0.05) is 7.11 Å². The molecule has 0 fully saturated rings. The minimum absolute atomic E-state index is 0.347. The number of ether oxygens (including phenoxy) is 2. The first-order valence-corrected chi connectivity index (χ1v) is 7.52. The molecular weight excluding hydrogens is 274 g/mol. The lowest BCUT2D eigenvalue weighted by Gasteiger charge is -2.23. The smallest absolute Gasteiger partial charge is 0.187 e. The van der Waals surface area contributed by atoms with Crippen LogP contribution in [-0.2, 0) is 24.2 Å². The van der Waals surface area contributed by atoms with Crippen LogP contribution >= 0.6 is 0 Å². The Morgan fingerprint density at radius 1 is 1.14 bits per heavy atom. The maximum absolute atomic E-state index is 6.95. The zero-order chi connectivity index (χ0) is 15.4. The summed E-state index contributed by atoms with van der Waals surface area (Å²) in [7, 11) is 1.78. The van der Waals surface area contributed by atoms with Crippen molar-refractivity contribution in [2.24, 2.45) is 0 Å². The molecule has 112 valence electrons. The van der Waals surface area contributed by atoms with Crippen LogP contribution in [0.5, 0.6) is 5.75 Å². The fraction of sp³-hybridized carbons (Fsp3) is 0.316. The monoisotopic (exact) mass is 293 g/mol. The molecule has 1 aliphatic carbocycles. The first-order valence-electron chi connectivity index (χ1n) is 7.52. The second kappa shape index (κ2) is 6.64. The average molecular weight is 293 g/mol. The predicted octanol–water partition coefficient (Wildman–Crippen LogP) is 4.32. The van der Waals surface area contributed by atoms with Crippen LogP contribution in [-0.4, -0.2) is 13.2 Å². The van der Waals surface area contributed by atoms with Crippen molar-refractivity contribution in [2.75, 3.05) is 7.11 Å². The Hall–Kier alpha value is -2.31. The molecule has 22 heavy (non-hydrogen) atoms. The van der Waals surface area contributed by atoms with Crippen molar-refractivity contribution in [3.63, 3.8) is 0 Å². The SMILES string of the molecule is [C-]#[N+]c1ccc(COc2ccc3c(c2)CCC(OC)C3)cc1. The van der Waals surface area contributed by atoms with Crippen molar-refractivity contribution in [2.45, 2.75) is 32.0 Å². The summed E-state index contributed by atoms with van der Waals surface area (Å²) in [6.45, 7) is 7.48. The molecule has 0 spiro atoms. The van der Waals surface area contributed by atoms with E-state index in [0.717, 1.165) is 30.6 Å². The number of nitrogens with zero attached hydrogens (tertiary/aromatic N) is 1. The summed E-state index contributed by atoms with van der Waals surface area (Å²) in [5.41, 5.74) is 4.47. The summed E-state index contributed by atoms with van der Waals surface area (Å²) in [5, 5.41) is 0. The van der Waals surface area contributed by atoms with Gasteiger partial charge in [-0.05, 0) is 48.1 Å². The molecule has 3 heteroatoms. The van der Waals surface area contributed by atoms with Gasteiger partial charge in [0.1, 0.15) is 12.4 Å². The van der Waals surface area contributed by atoms with Crippen LogP contribution in [0.4, 0.5) is 5.69 Å². The van der Waals surface area contributed by atoms with E-state index in [2.05, 4.69) is 17.0 Å². The van der Waals surface area contributed by atoms with Crippen LogP contribution in [0.25, 0.3) is 4.85 Å². The average Bonchev–Trinajstić information content (AvgIpc) is 2.59. The summed E-state index contributed by atoms with van der Waals surface area (Å²) in [5.74, 6) is 0.906. The number of hydrogen-bond acceptors (Lipinski definition) is 2. The van der Waals surface area contributed by atoms with Gasteiger partial charge in [-0.2, -0.15) is 0 Å². The fourth-order valence-electron chi connectivity index (χ4n) is 2.82. The third-order valence-electron chi connectivity index (χ3n) is 4.17. The van der Waals surface area contributed by atoms with E-state index in [9.17, 15) is 0 Å². The third kappa shape index (κ3) is 3.29. The van der Waals surface area contributed by atoms with Crippen molar-refractivity contribution >= 4 is 5.69 Å². The van der Waals surface area contributed by atoms with Crippen LogP contribution in [0.3, 0.4) is 0 Å². The molecule has 0 radical (unpaired) electrons. The normalized spacial score (nSPS) is 16.6. The molecule has 0 aliphatic heterocycles. The van der Waals surface area contributed by atoms with Gasteiger partial charge in [-0.15, -0.1) is 0 Å². The molecule has 2 aromatic carbocycles. The van der Waals surface area contributed by atoms with Gasteiger partial charge < -0.3 is 9.47 Å². The zero-order valence-corrected chi connectivity index (χ0v) is 12.7. The maximum Gasteiger partial charge on any atom is 0.187 e. The quantitative estimate of drug-likeness (QED) is 0.783. The van der Waals surface area contributed by atoms with Gasteiger partial charge >= 0.3 is 0 Å². The Labute approximate surface area is 131 Å². The summed E-state index contributed by atoms with van der Waals surface area (Å²) >= 11 is 0. The van der Waals surface area contributed by atoms with E-state index in [1.807, 2.05) is 30.3 Å². The molecule has 0 N–H and O–H groups in total. The fourth-order valence-corrected chi connectivity index (χ4v) is 2.82. The highest BCUT2D eigenvalue weighted by molar-refractivity contribution is 5.45. The van der Waals surface area contributed by atoms with Crippen molar-refractivity contribution in [1.29, 1.82) is 0 Å². The van der Waals surface area contributed by atoms with Gasteiger partial charge in [-0.1, -0.05) is 30.3 Å². The Balaban J connectivity index is 1.65. The van der Waals surface area contributed by atoms with Crippen LogP contribution in [0.15, 0.2) is 42.5 Å². The first-order chi connectivity index (χ1) is 10.8. The van der Waals surface area contributed by atoms with Gasteiger partial charge in [0.05, 0.1) is 12.7 Å². The molecule has 1 atom stereocenters. The highest BCUT2D eigenvalue weighted by Crippen LogP contribution is 2.27. The summed E-state index contributed by atoms with van der Waals surface area (Å²) < 4.78 is 11.3. The van der Waals surface area contributed by atoms with Gasteiger partial charge in [0.25, 0.3) is 0 Å². The number of fused-ring (bicyclic) bond motifs is 1. The molecular formula is C19H19NO2. The zero-order valence-electron chi connectivity index (χ0n) is 12.7. The van der Waals surface area contributed by atoms with Crippen molar-refractivity contribution in [3.05, 3.63) is 70.6 Å². The molecule has 0 bridgehead atoms. The number of rotatable bonds is 4. The summed E-state index contributed by atoms with van der Waals surface area (Å²) in [6, 6.07) is 13.9. The van der Waals surface area contributed by atoms with Crippen molar-refractivity contribution < 1.29 is 9.47 Å². The molecule has 3 nitrogen and oxygen atoms in total. The molecule has 0 saturated carbocycles. The molecule has 0 heterocycles. The second-order valence-electron chi connectivity index (χ2n) is 5.60. The highest BCUT2D eigenvalue weighted by atomic mass is 16.5. The predicted molar refractivity (Wildman–Crippen MR) is 86.3 cm³/mol. The van der Waals surface area contributed by atoms with E-state index in [4.69, 9.17) is 16.0 Å². The highest BCUT2D eigenvalue weighted by Gasteiger charge is 2.18. The Bertz CT molecular complexity index is 686. The largest absolute Gasteiger partial charge is 0.489 e. The molecule has 0 amide bonds. The van der Waals surface area contributed by atoms with E-state index in [-0.39, 0.29) is 0 Å². The van der Waals surface area contributed by atoms with Crippen LogP contribution in [0, 0.1) is 6.57 Å². The minimum atomic E-state index is 0.347. The first kappa shape index (κ1) is 14.6. The van der Waals surface area contributed by atoms with Crippen LogP contribution < -0.4 is 4.74 Å². The molecule has 2 aromatic rings. The van der Waals surface area contributed by atoms with Gasteiger partial charge in [0.15, 0.2) is 5.69 Å². The standard InChI is InChI=1S/C19H19NO2/c1-20-17-7-3-14(4-8-17)13-22-19-10-6-15-11-18(21-2)9-5-16(15)12-19/h3-4,6-8,10,12,18H,5,9,11,13H2,2H3. The minimum Gasteiger partial charge on any atom is -0.489 e. The number of methoxy groups -OCH3 is 1. The summed E-state index contributed by atoms with van der Waals surface area (Å²) in [4.78, 5) is 3.39. The van der Waals surface area contributed by atoms with Gasteiger partial charge in [0.2, 0.25) is 0 Å².